The van der Waals surface area contributed by atoms with Gasteiger partial charge in [0.1, 0.15) is 54.9 Å². The predicted molar refractivity (Wildman–Crippen MR) is 284 cm³/mol. The fourth-order valence-electron chi connectivity index (χ4n) is 9.42. The maximum absolute atomic E-state index is 13.1. The molecule has 0 aromatic rings. The van der Waals surface area contributed by atoms with Crippen LogP contribution in [-0.2, 0) is 33.2 Å². The molecular formula is C58H108O14. The summed E-state index contributed by atoms with van der Waals surface area (Å²) in [5, 5.41) is 72.3. The van der Waals surface area contributed by atoms with E-state index in [2.05, 4.69) is 38.2 Å². The first kappa shape index (κ1) is 66.6. The Labute approximate surface area is 437 Å². The predicted octanol–water partition coefficient (Wildman–Crippen LogP) is 10.4. The molecule has 0 spiro atoms. The first-order valence-corrected chi connectivity index (χ1v) is 29.4. The van der Waals surface area contributed by atoms with Gasteiger partial charge in [0, 0.05) is 13.0 Å². The zero-order valence-corrected chi connectivity index (χ0v) is 45.4. The zero-order chi connectivity index (χ0) is 52.3. The average Bonchev–Trinajstić information content (AvgIpc) is 3.38. The third-order valence-electron chi connectivity index (χ3n) is 14.2. The Morgan fingerprint density at radius 3 is 1.38 bits per heavy atom. The lowest BCUT2D eigenvalue weighted by Gasteiger charge is -2.42. The van der Waals surface area contributed by atoms with Crippen molar-refractivity contribution in [3.8, 4) is 0 Å². The molecule has 0 amide bonds. The summed E-state index contributed by atoms with van der Waals surface area (Å²) in [6, 6.07) is 0. The van der Waals surface area contributed by atoms with E-state index in [9.17, 15) is 40.5 Å². The van der Waals surface area contributed by atoms with E-state index in [1.165, 1.54) is 148 Å². The van der Waals surface area contributed by atoms with Crippen molar-refractivity contribution in [3.63, 3.8) is 0 Å². The molecule has 7 N–H and O–H groups in total. The van der Waals surface area contributed by atoms with Crippen molar-refractivity contribution in [2.75, 3.05) is 33.0 Å². The highest BCUT2D eigenvalue weighted by molar-refractivity contribution is 5.69. The molecule has 14 heteroatoms. The molecule has 0 aromatic carbocycles. The van der Waals surface area contributed by atoms with Gasteiger partial charge in [-0.2, -0.15) is 0 Å². The van der Waals surface area contributed by atoms with Crippen LogP contribution in [0.15, 0.2) is 24.3 Å². The van der Waals surface area contributed by atoms with Crippen LogP contribution >= 0.6 is 0 Å². The number of hydrogen-bond donors (Lipinski definition) is 7. The van der Waals surface area contributed by atoms with Crippen LogP contribution in [0, 0.1) is 0 Å². The normalized spacial score (nSPS) is 25.2. The second-order valence-corrected chi connectivity index (χ2v) is 20.8. The van der Waals surface area contributed by atoms with Crippen molar-refractivity contribution in [2.45, 2.75) is 306 Å². The topological polar surface area (TPSA) is 214 Å². The van der Waals surface area contributed by atoms with E-state index in [-0.39, 0.29) is 25.6 Å². The molecule has 2 fully saturated rings. The van der Waals surface area contributed by atoms with Gasteiger partial charge in [0.15, 0.2) is 12.6 Å². The molecule has 0 aliphatic carbocycles. The SMILES string of the molecule is CCCC/C=C\C/C=C\CCCCCCCCOCC(COC1OC(COC2OC(CO)C(O)C(O)C2O)C(O)C(O)C1O)OC(=O)CCCCCCCCCCCCCCCCCCCCCCCCC. The molecule has 2 aliphatic rings. The molecule has 0 radical (unpaired) electrons. The number of ether oxygens (including phenoxy) is 6. The molecule has 0 bridgehead atoms. The Kier molecular flexibility index (Phi) is 42.2. The lowest BCUT2D eigenvalue weighted by Crippen LogP contribution is -2.61. The Morgan fingerprint density at radius 1 is 0.458 bits per heavy atom. The van der Waals surface area contributed by atoms with Crippen molar-refractivity contribution in [3.05, 3.63) is 24.3 Å². The molecule has 14 nitrogen and oxygen atoms in total. The fraction of sp³-hybridized carbons (Fsp3) is 0.914. The van der Waals surface area contributed by atoms with Crippen molar-refractivity contribution in [1.29, 1.82) is 0 Å². The van der Waals surface area contributed by atoms with Crippen LogP contribution in [0.2, 0.25) is 0 Å². The molecule has 2 aliphatic heterocycles. The number of allylic oxidation sites excluding steroid dienone is 4. The summed E-state index contributed by atoms with van der Waals surface area (Å²) in [5.74, 6) is -0.375. The van der Waals surface area contributed by atoms with E-state index in [0.717, 1.165) is 64.2 Å². The fourth-order valence-corrected chi connectivity index (χ4v) is 9.42. The molecule has 2 rings (SSSR count). The first-order valence-electron chi connectivity index (χ1n) is 29.4. The van der Waals surface area contributed by atoms with E-state index < -0.39 is 80.7 Å². The number of aliphatic hydroxyl groups excluding tert-OH is 7. The largest absolute Gasteiger partial charge is 0.457 e. The zero-order valence-electron chi connectivity index (χ0n) is 45.4. The molecule has 2 saturated heterocycles. The highest BCUT2D eigenvalue weighted by Gasteiger charge is 2.47. The average molecular weight is 1030 g/mol. The summed E-state index contributed by atoms with van der Waals surface area (Å²) in [6.45, 7) is 3.67. The Morgan fingerprint density at radius 2 is 0.875 bits per heavy atom. The van der Waals surface area contributed by atoms with Gasteiger partial charge < -0.3 is 64.2 Å². The number of unbranched alkanes of at least 4 members (excludes halogenated alkanes) is 30. The summed E-state index contributed by atoms with van der Waals surface area (Å²) in [7, 11) is 0. The van der Waals surface area contributed by atoms with E-state index in [4.69, 9.17) is 28.4 Å². The highest BCUT2D eigenvalue weighted by atomic mass is 16.7. The quantitative estimate of drug-likeness (QED) is 0.0172. The molecule has 11 unspecified atom stereocenters. The van der Waals surface area contributed by atoms with Crippen molar-refractivity contribution >= 4 is 5.97 Å². The van der Waals surface area contributed by atoms with Gasteiger partial charge >= 0.3 is 5.97 Å². The van der Waals surface area contributed by atoms with Gasteiger partial charge in [-0.15, -0.1) is 0 Å². The molecular weight excluding hydrogens is 921 g/mol. The monoisotopic (exact) mass is 1030 g/mol. The van der Waals surface area contributed by atoms with Gasteiger partial charge in [0.05, 0.1) is 26.4 Å². The molecule has 0 aromatic heterocycles. The van der Waals surface area contributed by atoms with Crippen molar-refractivity contribution in [1.82, 2.24) is 0 Å². The van der Waals surface area contributed by atoms with Crippen LogP contribution < -0.4 is 0 Å². The van der Waals surface area contributed by atoms with Gasteiger partial charge in [-0.05, 0) is 38.5 Å². The summed E-state index contributed by atoms with van der Waals surface area (Å²) in [5.41, 5.74) is 0. The minimum absolute atomic E-state index is 0.0584. The van der Waals surface area contributed by atoms with Crippen molar-refractivity contribution < 1.29 is 69.0 Å². The number of carbonyl (C=O) groups excluding carboxylic acids is 1. The summed E-state index contributed by atoms with van der Waals surface area (Å²) in [6.07, 6.45) is 35.3. The third kappa shape index (κ3) is 32.1. The molecule has 0 saturated carbocycles. The third-order valence-corrected chi connectivity index (χ3v) is 14.2. The maximum Gasteiger partial charge on any atom is 0.306 e. The van der Waals surface area contributed by atoms with Crippen LogP contribution in [0.5, 0.6) is 0 Å². The van der Waals surface area contributed by atoms with E-state index in [1.807, 2.05) is 0 Å². The van der Waals surface area contributed by atoms with Crippen LogP contribution in [-0.4, -0.2) is 142 Å². The van der Waals surface area contributed by atoms with Crippen LogP contribution in [0.1, 0.15) is 239 Å². The summed E-state index contributed by atoms with van der Waals surface area (Å²) in [4.78, 5) is 13.1. The number of carbonyl (C=O) groups is 1. The number of aliphatic hydroxyl groups is 7. The van der Waals surface area contributed by atoms with Gasteiger partial charge in [-0.1, -0.05) is 218 Å². The molecule has 11 atom stereocenters. The molecule has 72 heavy (non-hydrogen) atoms. The summed E-state index contributed by atoms with van der Waals surface area (Å²) < 4.78 is 34.4. The standard InChI is InChI=1S/C58H108O14/c1-3-5-7-9-11-13-15-17-19-20-21-22-23-24-25-26-27-29-31-33-35-37-39-41-50(60)70-47(44-67-42-40-38-36-34-32-30-28-18-16-14-12-10-8-6-4-2)45-68-57-56(66)54(64)52(62)49(72-57)46-69-58-55(65)53(63)51(61)48(43-59)71-58/h10,12,16,18,47-49,51-59,61-66H,3-9,11,13-15,17,19-46H2,1-2H3/b12-10-,18-16-. The van der Waals surface area contributed by atoms with Crippen LogP contribution in [0.3, 0.4) is 0 Å². The number of hydrogen-bond acceptors (Lipinski definition) is 14. The lowest BCUT2D eigenvalue weighted by atomic mass is 9.98. The van der Waals surface area contributed by atoms with E-state index >= 15 is 0 Å². The van der Waals surface area contributed by atoms with Gasteiger partial charge in [0.25, 0.3) is 0 Å². The smallest absolute Gasteiger partial charge is 0.306 e. The van der Waals surface area contributed by atoms with Crippen molar-refractivity contribution in [2.24, 2.45) is 0 Å². The minimum atomic E-state index is -1.71. The van der Waals surface area contributed by atoms with Gasteiger partial charge in [0.2, 0.25) is 0 Å². The number of esters is 1. The first-order chi connectivity index (χ1) is 35.1. The Bertz CT molecular complexity index is 1290. The second kappa shape index (κ2) is 45.6. The van der Waals surface area contributed by atoms with Gasteiger partial charge in [-0.25, -0.2) is 0 Å². The Hall–Kier alpha value is -1.53. The molecule has 2 heterocycles. The van der Waals surface area contributed by atoms with Crippen LogP contribution in [0.25, 0.3) is 0 Å². The Balaban J connectivity index is 1.69. The molecule has 424 valence electrons. The lowest BCUT2D eigenvalue weighted by molar-refractivity contribution is -0.332. The number of rotatable bonds is 48. The minimum Gasteiger partial charge on any atom is -0.457 e. The van der Waals surface area contributed by atoms with E-state index in [1.54, 1.807) is 0 Å². The van der Waals surface area contributed by atoms with Gasteiger partial charge in [-0.3, -0.25) is 4.79 Å². The summed E-state index contributed by atoms with van der Waals surface area (Å²) >= 11 is 0. The van der Waals surface area contributed by atoms with E-state index in [0.29, 0.717) is 13.0 Å². The highest BCUT2D eigenvalue weighted by Crippen LogP contribution is 2.27. The second-order valence-electron chi connectivity index (χ2n) is 20.8. The maximum atomic E-state index is 13.1. The van der Waals surface area contributed by atoms with Crippen LogP contribution in [0.4, 0.5) is 0 Å².